The van der Waals surface area contributed by atoms with Crippen LogP contribution in [0.4, 0.5) is 0 Å². The summed E-state index contributed by atoms with van der Waals surface area (Å²) < 4.78 is 0. The van der Waals surface area contributed by atoms with Crippen LogP contribution in [0.5, 0.6) is 0 Å². The maximum atomic E-state index is 11.7. The average Bonchev–Trinajstić information content (AvgIpc) is 2.42. The minimum absolute atomic E-state index is 0. The summed E-state index contributed by atoms with van der Waals surface area (Å²) in [6.07, 6.45) is 5.87. The summed E-state index contributed by atoms with van der Waals surface area (Å²) >= 11 is 0. The molecule has 5 heteroatoms. The lowest BCUT2D eigenvalue weighted by Crippen LogP contribution is -2.31. The molecule has 4 nitrogen and oxygen atoms in total. The summed E-state index contributed by atoms with van der Waals surface area (Å²) in [4.78, 5) is 11.7. The Morgan fingerprint density at radius 3 is 2.68 bits per heavy atom. The van der Waals surface area contributed by atoms with E-state index >= 15 is 0 Å². The first-order valence-corrected chi connectivity index (χ1v) is 7.34. The van der Waals surface area contributed by atoms with E-state index in [2.05, 4.69) is 17.6 Å². The summed E-state index contributed by atoms with van der Waals surface area (Å²) in [5.74, 6) is 1.30. The minimum Gasteiger partial charge on any atom is -0.396 e. The molecule has 0 aromatic rings. The van der Waals surface area contributed by atoms with Gasteiger partial charge in [0.1, 0.15) is 0 Å². The van der Waals surface area contributed by atoms with Crippen LogP contribution in [0.2, 0.25) is 0 Å². The second-order valence-corrected chi connectivity index (χ2v) is 5.32. The van der Waals surface area contributed by atoms with Crippen molar-refractivity contribution in [2.24, 2.45) is 11.8 Å². The van der Waals surface area contributed by atoms with Gasteiger partial charge in [-0.3, -0.25) is 4.79 Å². The van der Waals surface area contributed by atoms with E-state index < -0.39 is 0 Å². The summed E-state index contributed by atoms with van der Waals surface area (Å²) in [6.45, 7) is 5.22. The molecule has 1 atom stereocenters. The van der Waals surface area contributed by atoms with E-state index in [1.54, 1.807) is 0 Å². The number of amides is 1. The van der Waals surface area contributed by atoms with E-state index in [0.717, 1.165) is 38.3 Å². The van der Waals surface area contributed by atoms with Crippen molar-refractivity contribution in [2.45, 2.75) is 45.4 Å². The Hall–Kier alpha value is -0.320. The first kappa shape index (κ1) is 18.7. The van der Waals surface area contributed by atoms with Gasteiger partial charge in [0.25, 0.3) is 0 Å². The Labute approximate surface area is 123 Å². The summed E-state index contributed by atoms with van der Waals surface area (Å²) in [7, 11) is 0. The van der Waals surface area contributed by atoms with Crippen molar-refractivity contribution in [2.75, 3.05) is 26.2 Å². The van der Waals surface area contributed by atoms with Crippen molar-refractivity contribution in [3.05, 3.63) is 0 Å². The summed E-state index contributed by atoms with van der Waals surface area (Å²) in [5.41, 5.74) is 0. The third-order valence-corrected chi connectivity index (χ3v) is 3.94. The van der Waals surface area contributed by atoms with Gasteiger partial charge in [0.05, 0.1) is 0 Å². The van der Waals surface area contributed by atoms with Gasteiger partial charge in [0, 0.05) is 19.6 Å². The molecule has 1 aliphatic rings. The largest absolute Gasteiger partial charge is 0.396 e. The number of hydrogen-bond donors (Lipinski definition) is 3. The zero-order chi connectivity index (χ0) is 13.2. The highest BCUT2D eigenvalue weighted by Gasteiger charge is 2.15. The summed E-state index contributed by atoms with van der Waals surface area (Å²) in [5, 5.41) is 15.2. The quantitative estimate of drug-likeness (QED) is 0.638. The van der Waals surface area contributed by atoms with Gasteiger partial charge in [-0.05, 0) is 50.6 Å². The number of piperidine rings is 1. The number of aliphatic hydroxyl groups excluding tert-OH is 1. The molecular weight excluding hydrogens is 264 g/mol. The van der Waals surface area contributed by atoms with Gasteiger partial charge >= 0.3 is 0 Å². The van der Waals surface area contributed by atoms with Crippen LogP contribution in [0.1, 0.15) is 45.4 Å². The maximum Gasteiger partial charge on any atom is 0.220 e. The average molecular weight is 293 g/mol. The van der Waals surface area contributed by atoms with Crippen LogP contribution < -0.4 is 10.6 Å². The molecular formula is C14H29ClN2O2. The topological polar surface area (TPSA) is 61.4 Å². The Morgan fingerprint density at radius 1 is 1.42 bits per heavy atom. The lowest BCUT2D eigenvalue weighted by molar-refractivity contribution is -0.121. The first-order chi connectivity index (χ1) is 8.76. The molecule has 19 heavy (non-hydrogen) atoms. The van der Waals surface area contributed by atoms with Crippen molar-refractivity contribution in [3.63, 3.8) is 0 Å². The molecule has 0 aromatic heterocycles. The Balaban J connectivity index is 0.00000324. The minimum atomic E-state index is 0. The molecule has 1 saturated heterocycles. The normalized spacial score (nSPS) is 17.6. The maximum absolute atomic E-state index is 11.7. The smallest absolute Gasteiger partial charge is 0.220 e. The van der Waals surface area contributed by atoms with E-state index in [0.29, 0.717) is 18.9 Å². The van der Waals surface area contributed by atoms with E-state index in [4.69, 9.17) is 5.11 Å². The molecule has 1 fully saturated rings. The van der Waals surface area contributed by atoms with Crippen LogP contribution >= 0.6 is 12.4 Å². The van der Waals surface area contributed by atoms with Crippen LogP contribution in [0.25, 0.3) is 0 Å². The van der Waals surface area contributed by atoms with Gasteiger partial charge in [-0.2, -0.15) is 0 Å². The van der Waals surface area contributed by atoms with Gasteiger partial charge in [0.2, 0.25) is 5.91 Å². The van der Waals surface area contributed by atoms with Crippen LogP contribution in [0, 0.1) is 11.8 Å². The van der Waals surface area contributed by atoms with E-state index in [9.17, 15) is 4.79 Å². The Morgan fingerprint density at radius 2 is 2.11 bits per heavy atom. The van der Waals surface area contributed by atoms with E-state index in [-0.39, 0.29) is 24.9 Å². The van der Waals surface area contributed by atoms with Gasteiger partial charge in [-0.1, -0.05) is 13.3 Å². The van der Waals surface area contributed by atoms with Crippen molar-refractivity contribution < 1.29 is 9.90 Å². The lowest BCUT2D eigenvalue weighted by Gasteiger charge is -2.22. The van der Waals surface area contributed by atoms with Crippen LogP contribution in [0.3, 0.4) is 0 Å². The van der Waals surface area contributed by atoms with Gasteiger partial charge in [-0.25, -0.2) is 0 Å². The predicted molar refractivity (Wildman–Crippen MR) is 80.6 cm³/mol. The van der Waals surface area contributed by atoms with Crippen LogP contribution in [-0.4, -0.2) is 37.3 Å². The standard InChI is InChI=1S/C14H28N2O2.ClH/c1-2-12(7-10-17)11-16-14(18)4-3-13-5-8-15-9-6-13;/h12-13,15,17H,2-11H2,1H3,(H,16,18);1H. The highest BCUT2D eigenvalue weighted by molar-refractivity contribution is 5.85. The molecule has 1 rings (SSSR count). The van der Waals surface area contributed by atoms with Gasteiger partial charge < -0.3 is 15.7 Å². The third-order valence-electron chi connectivity index (χ3n) is 3.94. The number of halogens is 1. The Kier molecular flexibility index (Phi) is 11.3. The summed E-state index contributed by atoms with van der Waals surface area (Å²) in [6, 6.07) is 0. The zero-order valence-electron chi connectivity index (χ0n) is 12.0. The fraction of sp³-hybridized carbons (Fsp3) is 0.929. The van der Waals surface area contributed by atoms with Gasteiger partial charge in [-0.15, -0.1) is 12.4 Å². The molecule has 1 aliphatic heterocycles. The number of hydrogen-bond acceptors (Lipinski definition) is 3. The first-order valence-electron chi connectivity index (χ1n) is 7.34. The van der Waals surface area contributed by atoms with Crippen molar-refractivity contribution in [3.8, 4) is 0 Å². The van der Waals surface area contributed by atoms with Crippen molar-refractivity contribution in [1.29, 1.82) is 0 Å². The van der Waals surface area contributed by atoms with Crippen LogP contribution in [-0.2, 0) is 4.79 Å². The van der Waals surface area contributed by atoms with E-state index in [1.807, 2.05) is 0 Å². The fourth-order valence-electron chi connectivity index (χ4n) is 2.49. The number of rotatable bonds is 8. The number of aliphatic hydroxyl groups is 1. The highest BCUT2D eigenvalue weighted by Crippen LogP contribution is 2.17. The molecule has 0 saturated carbocycles. The molecule has 114 valence electrons. The lowest BCUT2D eigenvalue weighted by atomic mass is 9.93. The molecule has 0 aromatic carbocycles. The van der Waals surface area contributed by atoms with Crippen molar-refractivity contribution in [1.82, 2.24) is 10.6 Å². The van der Waals surface area contributed by atoms with E-state index in [1.165, 1.54) is 12.8 Å². The zero-order valence-corrected chi connectivity index (χ0v) is 12.8. The molecule has 1 amide bonds. The second-order valence-electron chi connectivity index (χ2n) is 5.32. The second kappa shape index (κ2) is 11.5. The number of carbonyl (C=O) groups is 1. The van der Waals surface area contributed by atoms with Gasteiger partial charge in [0.15, 0.2) is 0 Å². The monoisotopic (exact) mass is 292 g/mol. The predicted octanol–water partition coefficient (Wildman–Crippen LogP) is 1.71. The molecule has 1 unspecified atom stereocenters. The number of carbonyl (C=O) groups excluding carboxylic acids is 1. The molecule has 0 radical (unpaired) electrons. The molecule has 0 bridgehead atoms. The SMILES string of the molecule is CCC(CCO)CNC(=O)CCC1CCNCC1.Cl. The molecule has 3 N–H and O–H groups in total. The molecule has 0 aliphatic carbocycles. The number of nitrogens with one attached hydrogen (secondary N) is 2. The van der Waals surface area contributed by atoms with Crippen molar-refractivity contribution >= 4 is 18.3 Å². The third kappa shape index (κ3) is 8.45. The highest BCUT2D eigenvalue weighted by atomic mass is 35.5. The van der Waals surface area contributed by atoms with Crippen LogP contribution in [0.15, 0.2) is 0 Å². The molecule has 0 spiro atoms. The fourth-order valence-corrected chi connectivity index (χ4v) is 2.49. The Bertz CT molecular complexity index is 223. The molecule has 1 heterocycles.